The quantitative estimate of drug-likeness (QED) is 0.754. The Kier molecular flexibility index (Phi) is 5.95. The van der Waals surface area contributed by atoms with E-state index in [2.05, 4.69) is 0 Å². The lowest BCUT2D eigenvalue weighted by Crippen LogP contribution is -2.47. The van der Waals surface area contributed by atoms with Crippen molar-refractivity contribution in [1.29, 1.82) is 5.26 Å². The van der Waals surface area contributed by atoms with Crippen LogP contribution in [-0.4, -0.2) is 37.7 Å². The summed E-state index contributed by atoms with van der Waals surface area (Å²) in [7, 11) is -3.35. The van der Waals surface area contributed by atoms with E-state index in [4.69, 9.17) is 10.00 Å². The summed E-state index contributed by atoms with van der Waals surface area (Å²) in [5.41, 5.74) is 0.954. The molecule has 0 radical (unpaired) electrons. The van der Waals surface area contributed by atoms with Crippen molar-refractivity contribution in [2.45, 2.75) is 38.3 Å². The number of benzene rings is 1. The summed E-state index contributed by atoms with van der Waals surface area (Å²) >= 11 is 0. The van der Waals surface area contributed by atoms with Gasteiger partial charge in [0.05, 0.1) is 30.6 Å². The van der Waals surface area contributed by atoms with Crippen molar-refractivity contribution >= 4 is 10.0 Å². The molecule has 1 aliphatic rings. The molecule has 0 amide bonds. The number of sulfonamides is 1. The van der Waals surface area contributed by atoms with Gasteiger partial charge in [-0.05, 0) is 25.3 Å². The van der Waals surface area contributed by atoms with Crippen LogP contribution in [0.4, 0.5) is 0 Å². The lowest BCUT2D eigenvalue weighted by Gasteiger charge is -2.38. The van der Waals surface area contributed by atoms with Gasteiger partial charge < -0.3 is 4.74 Å². The minimum Gasteiger partial charge on any atom is -0.375 e. The van der Waals surface area contributed by atoms with Crippen molar-refractivity contribution in [3.63, 3.8) is 0 Å². The van der Waals surface area contributed by atoms with Gasteiger partial charge in [-0.2, -0.15) is 9.57 Å². The lowest BCUT2D eigenvalue weighted by molar-refractivity contribution is -0.0231. The summed E-state index contributed by atoms with van der Waals surface area (Å²) in [6.07, 6.45) is 1.43. The van der Waals surface area contributed by atoms with Gasteiger partial charge in [-0.3, -0.25) is 0 Å². The molecule has 0 unspecified atom stereocenters. The second-order valence-electron chi connectivity index (χ2n) is 5.57. The van der Waals surface area contributed by atoms with Gasteiger partial charge in [0.1, 0.15) is 0 Å². The third-order valence-corrected chi connectivity index (χ3v) is 5.73. The van der Waals surface area contributed by atoms with E-state index < -0.39 is 10.0 Å². The van der Waals surface area contributed by atoms with Crippen molar-refractivity contribution in [3.8, 4) is 6.07 Å². The highest BCUT2D eigenvalue weighted by molar-refractivity contribution is 7.89. The number of unbranched alkanes of at least 4 members (excludes halogenated alkanes) is 2. The second-order valence-corrected chi connectivity index (χ2v) is 7.61. The Morgan fingerprint density at radius 2 is 2.05 bits per heavy atom. The SMILES string of the molecule is C[C@@H]1CN(S(=O)(=O)CCCCC#N)[C@H](c2ccccc2)CO1. The van der Waals surface area contributed by atoms with Crippen LogP contribution in [0.25, 0.3) is 0 Å². The molecule has 0 N–H and O–H groups in total. The van der Waals surface area contributed by atoms with E-state index in [-0.39, 0.29) is 17.9 Å². The number of rotatable bonds is 6. The van der Waals surface area contributed by atoms with Crippen molar-refractivity contribution in [2.24, 2.45) is 0 Å². The molecule has 1 heterocycles. The Balaban J connectivity index is 2.14. The minimum atomic E-state index is -3.35. The largest absolute Gasteiger partial charge is 0.375 e. The number of nitriles is 1. The monoisotopic (exact) mass is 322 g/mol. The molecule has 120 valence electrons. The van der Waals surface area contributed by atoms with Crippen molar-refractivity contribution in [1.82, 2.24) is 4.31 Å². The van der Waals surface area contributed by atoms with Gasteiger partial charge >= 0.3 is 0 Å². The zero-order chi connectivity index (χ0) is 16.0. The molecule has 0 aliphatic carbocycles. The molecule has 2 atom stereocenters. The average Bonchev–Trinajstić information content (AvgIpc) is 2.52. The van der Waals surface area contributed by atoms with Gasteiger partial charge in [0.2, 0.25) is 10.0 Å². The van der Waals surface area contributed by atoms with E-state index in [1.807, 2.05) is 43.3 Å². The molecule has 0 aromatic heterocycles. The predicted octanol–water partition coefficient (Wildman–Crippen LogP) is 2.47. The van der Waals surface area contributed by atoms with Crippen LogP contribution >= 0.6 is 0 Å². The van der Waals surface area contributed by atoms with Crippen molar-refractivity contribution in [3.05, 3.63) is 35.9 Å². The van der Waals surface area contributed by atoms with Gasteiger partial charge in [-0.15, -0.1) is 0 Å². The van der Waals surface area contributed by atoms with Crippen LogP contribution in [0.2, 0.25) is 0 Å². The van der Waals surface area contributed by atoms with E-state index in [9.17, 15) is 8.42 Å². The van der Waals surface area contributed by atoms with Crippen LogP contribution in [0.1, 0.15) is 37.8 Å². The molecule has 1 saturated heterocycles. The number of nitrogens with zero attached hydrogens (tertiary/aromatic N) is 2. The summed E-state index contributed by atoms with van der Waals surface area (Å²) in [5, 5.41) is 8.54. The first-order valence-electron chi connectivity index (χ1n) is 7.57. The van der Waals surface area contributed by atoms with Gasteiger partial charge in [0, 0.05) is 13.0 Å². The summed E-state index contributed by atoms with van der Waals surface area (Å²) < 4.78 is 32.6. The van der Waals surface area contributed by atoms with Crippen molar-refractivity contribution in [2.75, 3.05) is 18.9 Å². The Bertz CT molecular complexity index is 610. The zero-order valence-electron chi connectivity index (χ0n) is 12.8. The number of hydrogen-bond donors (Lipinski definition) is 0. The lowest BCUT2D eigenvalue weighted by atomic mass is 10.1. The maximum atomic E-state index is 12.7. The first kappa shape index (κ1) is 16.9. The maximum Gasteiger partial charge on any atom is 0.214 e. The smallest absolute Gasteiger partial charge is 0.214 e. The molecule has 6 heteroatoms. The highest BCUT2D eigenvalue weighted by Crippen LogP contribution is 2.29. The summed E-state index contributed by atoms with van der Waals surface area (Å²) in [6, 6.07) is 11.4. The van der Waals surface area contributed by atoms with Gasteiger partial charge in [-0.1, -0.05) is 30.3 Å². The standard InChI is InChI=1S/C16H22N2O3S/c1-14-12-18(22(19,20)11-7-3-6-10-17)16(13-21-14)15-8-4-2-5-9-15/h2,4-5,8-9,14,16H,3,6-7,11-13H2,1H3/t14-,16+/m1/s1. The summed E-state index contributed by atoms with van der Waals surface area (Å²) in [6.45, 7) is 2.64. The molecule has 0 saturated carbocycles. The molecule has 5 nitrogen and oxygen atoms in total. The maximum absolute atomic E-state index is 12.7. The molecule has 22 heavy (non-hydrogen) atoms. The first-order valence-corrected chi connectivity index (χ1v) is 9.18. The molecular formula is C16H22N2O3S. The van der Waals surface area contributed by atoms with E-state index >= 15 is 0 Å². The Hall–Kier alpha value is -1.42. The first-order chi connectivity index (χ1) is 10.5. The van der Waals surface area contributed by atoms with E-state index in [0.29, 0.717) is 32.4 Å². The van der Waals surface area contributed by atoms with Crippen LogP contribution in [0.3, 0.4) is 0 Å². The normalized spacial score (nSPS) is 23.1. The fraction of sp³-hybridized carbons (Fsp3) is 0.562. The highest BCUT2D eigenvalue weighted by atomic mass is 32.2. The number of ether oxygens (including phenoxy) is 1. The van der Waals surface area contributed by atoms with Crippen LogP contribution in [0, 0.1) is 11.3 Å². The van der Waals surface area contributed by atoms with Crippen molar-refractivity contribution < 1.29 is 13.2 Å². The van der Waals surface area contributed by atoms with Gasteiger partial charge in [-0.25, -0.2) is 8.42 Å². The summed E-state index contributed by atoms with van der Waals surface area (Å²) in [4.78, 5) is 0. The Morgan fingerprint density at radius 3 is 2.73 bits per heavy atom. The van der Waals surface area contributed by atoms with E-state index in [1.165, 1.54) is 0 Å². The molecule has 1 fully saturated rings. The third kappa shape index (κ3) is 4.29. The molecule has 2 rings (SSSR count). The average molecular weight is 322 g/mol. The fourth-order valence-corrected chi connectivity index (χ4v) is 4.43. The molecule has 0 bridgehead atoms. The van der Waals surface area contributed by atoms with Crippen LogP contribution in [0.15, 0.2) is 30.3 Å². The van der Waals surface area contributed by atoms with E-state index in [1.54, 1.807) is 4.31 Å². The zero-order valence-corrected chi connectivity index (χ0v) is 13.6. The van der Waals surface area contributed by atoms with Crippen LogP contribution in [-0.2, 0) is 14.8 Å². The van der Waals surface area contributed by atoms with Gasteiger partial charge in [0.15, 0.2) is 0 Å². The number of morpholine rings is 1. The molecular weight excluding hydrogens is 300 g/mol. The Morgan fingerprint density at radius 1 is 1.32 bits per heavy atom. The molecule has 0 spiro atoms. The Labute approximate surface area is 132 Å². The third-order valence-electron chi connectivity index (χ3n) is 3.81. The topological polar surface area (TPSA) is 70.4 Å². The highest BCUT2D eigenvalue weighted by Gasteiger charge is 2.35. The summed E-state index contributed by atoms with van der Waals surface area (Å²) in [5.74, 6) is 0.0880. The molecule has 1 aliphatic heterocycles. The molecule has 1 aromatic carbocycles. The van der Waals surface area contributed by atoms with E-state index in [0.717, 1.165) is 5.56 Å². The molecule has 1 aromatic rings. The fourth-order valence-electron chi connectivity index (χ4n) is 2.62. The number of hydrogen-bond acceptors (Lipinski definition) is 4. The predicted molar refractivity (Wildman–Crippen MR) is 84.6 cm³/mol. The van der Waals surface area contributed by atoms with Crippen LogP contribution in [0.5, 0.6) is 0 Å². The van der Waals surface area contributed by atoms with Crippen LogP contribution < -0.4 is 0 Å². The second kappa shape index (κ2) is 7.73. The minimum absolute atomic E-state index is 0.0880. The van der Waals surface area contributed by atoms with Gasteiger partial charge in [0.25, 0.3) is 0 Å².